The van der Waals surface area contributed by atoms with Crippen molar-refractivity contribution in [3.05, 3.63) is 69.7 Å². The maximum atomic E-state index is 13.5. The van der Waals surface area contributed by atoms with Crippen LogP contribution in [0.2, 0.25) is 0 Å². The number of aliphatic hydroxyl groups excluding tert-OH is 1. The van der Waals surface area contributed by atoms with Gasteiger partial charge in [-0.25, -0.2) is 8.78 Å². The second kappa shape index (κ2) is 6.92. The Kier molecular flexibility index (Phi) is 5.23. The molecule has 0 aromatic heterocycles. The first-order valence-electron chi connectivity index (χ1n) is 6.15. The molecule has 2 aromatic carbocycles. The molecule has 2 N–H and O–H groups in total. The number of nitrogens with one attached hydrogen (secondary N) is 1. The van der Waals surface area contributed by atoms with E-state index in [1.807, 2.05) is 24.3 Å². The van der Waals surface area contributed by atoms with Gasteiger partial charge in [0.25, 0.3) is 0 Å². The predicted octanol–water partition coefficient (Wildman–Crippen LogP) is 3.55. The van der Waals surface area contributed by atoms with Gasteiger partial charge in [-0.05, 0) is 29.8 Å². The smallest absolute Gasteiger partial charge is 0.129 e. The zero-order valence-corrected chi connectivity index (χ0v) is 12.2. The Hall–Kier alpha value is -1.30. The lowest BCUT2D eigenvalue weighted by Gasteiger charge is -2.13. The monoisotopic (exact) mass is 341 g/mol. The summed E-state index contributed by atoms with van der Waals surface area (Å²) in [5.41, 5.74) is 0.990. The standard InChI is InChI=1S/C15H14BrF2NO/c16-13-4-2-1-3-10(13)8-19-9-15(20)12-7-11(17)5-6-14(12)18/h1-7,15,19-20H,8-9H2. The van der Waals surface area contributed by atoms with Gasteiger partial charge < -0.3 is 10.4 Å². The fraction of sp³-hybridized carbons (Fsp3) is 0.200. The highest BCUT2D eigenvalue weighted by Gasteiger charge is 2.13. The Morgan fingerprint density at radius 3 is 2.65 bits per heavy atom. The molecular weight excluding hydrogens is 328 g/mol. The molecule has 0 aliphatic rings. The number of benzene rings is 2. The lowest BCUT2D eigenvalue weighted by Crippen LogP contribution is -2.22. The maximum Gasteiger partial charge on any atom is 0.129 e. The van der Waals surface area contributed by atoms with Crippen LogP contribution >= 0.6 is 15.9 Å². The van der Waals surface area contributed by atoms with Crippen LogP contribution in [0.15, 0.2) is 46.9 Å². The molecule has 1 unspecified atom stereocenters. The fourth-order valence-corrected chi connectivity index (χ4v) is 2.29. The molecule has 0 fully saturated rings. The first-order valence-corrected chi connectivity index (χ1v) is 6.94. The van der Waals surface area contributed by atoms with Gasteiger partial charge in [0.15, 0.2) is 0 Å². The van der Waals surface area contributed by atoms with E-state index in [1.165, 1.54) is 0 Å². The van der Waals surface area contributed by atoms with Gasteiger partial charge in [-0.15, -0.1) is 0 Å². The van der Waals surface area contributed by atoms with Crippen molar-refractivity contribution in [3.8, 4) is 0 Å². The summed E-state index contributed by atoms with van der Waals surface area (Å²) in [6.07, 6.45) is -1.09. The number of rotatable bonds is 5. The van der Waals surface area contributed by atoms with Crippen molar-refractivity contribution in [2.24, 2.45) is 0 Å². The van der Waals surface area contributed by atoms with Crippen LogP contribution in [0, 0.1) is 11.6 Å². The van der Waals surface area contributed by atoms with Crippen molar-refractivity contribution in [2.75, 3.05) is 6.54 Å². The lowest BCUT2D eigenvalue weighted by molar-refractivity contribution is 0.169. The van der Waals surface area contributed by atoms with E-state index in [2.05, 4.69) is 21.2 Å². The highest BCUT2D eigenvalue weighted by atomic mass is 79.9. The van der Waals surface area contributed by atoms with Gasteiger partial charge in [-0.3, -0.25) is 0 Å². The normalized spacial score (nSPS) is 12.4. The molecule has 0 radical (unpaired) electrons. The second-order valence-corrected chi connectivity index (χ2v) is 5.26. The molecule has 106 valence electrons. The minimum atomic E-state index is -1.09. The van der Waals surface area contributed by atoms with E-state index in [1.54, 1.807) is 0 Å². The summed E-state index contributed by atoms with van der Waals surface area (Å²) < 4.78 is 27.5. The van der Waals surface area contributed by atoms with Crippen molar-refractivity contribution in [2.45, 2.75) is 12.6 Å². The van der Waals surface area contributed by atoms with Gasteiger partial charge in [0.05, 0.1) is 6.10 Å². The molecule has 0 heterocycles. The van der Waals surface area contributed by atoms with Gasteiger partial charge >= 0.3 is 0 Å². The minimum Gasteiger partial charge on any atom is -0.387 e. The lowest BCUT2D eigenvalue weighted by atomic mass is 10.1. The van der Waals surface area contributed by atoms with Gasteiger partial charge in [0.1, 0.15) is 11.6 Å². The number of hydrogen-bond donors (Lipinski definition) is 2. The predicted molar refractivity (Wildman–Crippen MR) is 77.2 cm³/mol. The summed E-state index contributed by atoms with van der Waals surface area (Å²) in [5.74, 6) is -1.17. The SMILES string of the molecule is OC(CNCc1ccccc1Br)c1cc(F)ccc1F. The van der Waals surface area contributed by atoms with E-state index in [-0.39, 0.29) is 12.1 Å². The Bertz CT molecular complexity index is 592. The van der Waals surface area contributed by atoms with Gasteiger partial charge in [-0.1, -0.05) is 34.1 Å². The van der Waals surface area contributed by atoms with Crippen LogP contribution in [0.5, 0.6) is 0 Å². The summed E-state index contributed by atoms with van der Waals surface area (Å²) in [4.78, 5) is 0. The van der Waals surface area contributed by atoms with E-state index in [4.69, 9.17) is 0 Å². The maximum absolute atomic E-state index is 13.5. The zero-order valence-electron chi connectivity index (χ0n) is 10.6. The van der Waals surface area contributed by atoms with Crippen LogP contribution in [-0.2, 0) is 6.54 Å². The Morgan fingerprint density at radius 2 is 1.90 bits per heavy atom. The summed E-state index contributed by atoms with van der Waals surface area (Å²) in [5, 5.41) is 12.9. The molecule has 2 aromatic rings. The highest BCUT2D eigenvalue weighted by Crippen LogP contribution is 2.19. The summed E-state index contributed by atoms with van der Waals surface area (Å²) >= 11 is 3.42. The number of halogens is 3. The number of aliphatic hydroxyl groups is 1. The molecule has 0 aliphatic carbocycles. The van der Waals surface area contributed by atoms with E-state index in [9.17, 15) is 13.9 Å². The molecule has 0 amide bonds. The third-order valence-electron chi connectivity index (χ3n) is 2.93. The van der Waals surface area contributed by atoms with Crippen molar-refractivity contribution < 1.29 is 13.9 Å². The first-order chi connectivity index (χ1) is 9.58. The van der Waals surface area contributed by atoms with Gasteiger partial charge in [0, 0.05) is 23.1 Å². The molecule has 0 saturated heterocycles. The largest absolute Gasteiger partial charge is 0.387 e. The van der Waals surface area contributed by atoms with E-state index >= 15 is 0 Å². The average molecular weight is 342 g/mol. The molecule has 0 spiro atoms. The van der Waals surface area contributed by atoms with Crippen LogP contribution in [-0.4, -0.2) is 11.7 Å². The summed E-state index contributed by atoms with van der Waals surface area (Å²) in [7, 11) is 0. The van der Waals surface area contributed by atoms with Crippen LogP contribution in [0.25, 0.3) is 0 Å². The third kappa shape index (κ3) is 3.85. The molecule has 2 rings (SSSR count). The van der Waals surface area contributed by atoms with Gasteiger partial charge in [-0.2, -0.15) is 0 Å². The molecule has 2 nitrogen and oxygen atoms in total. The average Bonchev–Trinajstić information content (AvgIpc) is 2.43. The Balaban J connectivity index is 1.94. The summed E-state index contributed by atoms with van der Waals surface area (Å²) in [6, 6.07) is 10.7. The van der Waals surface area contributed by atoms with Crippen LogP contribution in [0.4, 0.5) is 8.78 Å². The fourth-order valence-electron chi connectivity index (χ4n) is 1.87. The van der Waals surface area contributed by atoms with Crippen molar-refractivity contribution in [1.82, 2.24) is 5.32 Å². The topological polar surface area (TPSA) is 32.3 Å². The van der Waals surface area contributed by atoms with E-state index in [0.29, 0.717) is 6.54 Å². The zero-order chi connectivity index (χ0) is 14.5. The third-order valence-corrected chi connectivity index (χ3v) is 3.70. The van der Waals surface area contributed by atoms with Crippen LogP contribution < -0.4 is 5.32 Å². The van der Waals surface area contributed by atoms with E-state index < -0.39 is 17.7 Å². The Labute approximate surface area is 124 Å². The second-order valence-electron chi connectivity index (χ2n) is 4.40. The Morgan fingerprint density at radius 1 is 1.15 bits per heavy atom. The first kappa shape index (κ1) is 15.1. The van der Waals surface area contributed by atoms with Crippen LogP contribution in [0.3, 0.4) is 0 Å². The highest BCUT2D eigenvalue weighted by molar-refractivity contribution is 9.10. The molecular formula is C15H14BrF2NO. The number of hydrogen-bond acceptors (Lipinski definition) is 2. The molecule has 0 aliphatic heterocycles. The summed E-state index contributed by atoms with van der Waals surface area (Å²) in [6.45, 7) is 0.664. The molecule has 0 saturated carbocycles. The van der Waals surface area contributed by atoms with Crippen molar-refractivity contribution >= 4 is 15.9 Å². The van der Waals surface area contributed by atoms with Crippen LogP contribution in [0.1, 0.15) is 17.2 Å². The molecule has 20 heavy (non-hydrogen) atoms. The minimum absolute atomic E-state index is 0.0374. The molecule has 1 atom stereocenters. The van der Waals surface area contributed by atoms with Crippen molar-refractivity contribution in [1.29, 1.82) is 0 Å². The molecule has 0 bridgehead atoms. The van der Waals surface area contributed by atoms with Gasteiger partial charge in [0.2, 0.25) is 0 Å². The molecule has 5 heteroatoms. The quantitative estimate of drug-likeness (QED) is 0.871. The van der Waals surface area contributed by atoms with Crippen molar-refractivity contribution in [3.63, 3.8) is 0 Å². The van der Waals surface area contributed by atoms with E-state index in [0.717, 1.165) is 28.2 Å².